The lowest BCUT2D eigenvalue weighted by atomic mass is 9.98. The van der Waals surface area contributed by atoms with Crippen LogP contribution in [0.5, 0.6) is 0 Å². The van der Waals surface area contributed by atoms with Crippen molar-refractivity contribution in [1.82, 2.24) is 10.3 Å². The molecule has 0 spiro atoms. The maximum atomic E-state index is 4.93. The molecule has 2 saturated heterocycles. The van der Waals surface area contributed by atoms with E-state index in [-0.39, 0.29) is 0 Å². The van der Waals surface area contributed by atoms with E-state index >= 15 is 0 Å². The minimum absolute atomic E-state index is 0.737. The lowest BCUT2D eigenvalue weighted by molar-refractivity contribution is 0.361. The van der Waals surface area contributed by atoms with Crippen molar-refractivity contribution in [3.05, 3.63) is 11.1 Å². The number of aromatic nitrogens is 1. The van der Waals surface area contributed by atoms with Gasteiger partial charge in [0.2, 0.25) is 0 Å². The fourth-order valence-corrected chi connectivity index (χ4v) is 4.96. The Morgan fingerprint density at radius 1 is 1.26 bits per heavy atom. The highest BCUT2D eigenvalue weighted by Crippen LogP contribution is 2.44. The van der Waals surface area contributed by atoms with E-state index < -0.39 is 0 Å². The van der Waals surface area contributed by atoms with Gasteiger partial charge in [-0.1, -0.05) is 6.92 Å². The van der Waals surface area contributed by atoms with Gasteiger partial charge in [0.1, 0.15) is 0 Å². The lowest BCUT2D eigenvalue weighted by Crippen LogP contribution is -2.49. The fourth-order valence-electron chi connectivity index (χ4n) is 3.91. The van der Waals surface area contributed by atoms with E-state index in [1.807, 2.05) is 11.3 Å². The Hall–Kier alpha value is -0.610. The maximum Gasteiger partial charge on any atom is 0.186 e. The number of rotatable bonds is 4. The van der Waals surface area contributed by atoms with Gasteiger partial charge in [0.15, 0.2) is 5.13 Å². The molecule has 1 saturated carbocycles. The molecule has 1 N–H and O–H groups in total. The maximum absolute atomic E-state index is 4.93. The number of thiazole rings is 1. The predicted octanol–water partition coefficient (Wildman–Crippen LogP) is 3.13. The molecule has 4 heteroatoms. The van der Waals surface area contributed by atoms with E-state index in [0.29, 0.717) is 0 Å². The fraction of sp³-hybridized carbons (Fsp3) is 0.800. The molecular formula is C15H23N3S. The van der Waals surface area contributed by atoms with Gasteiger partial charge in [0.25, 0.3) is 0 Å². The molecule has 104 valence electrons. The van der Waals surface area contributed by atoms with E-state index in [2.05, 4.69) is 22.5 Å². The summed E-state index contributed by atoms with van der Waals surface area (Å²) in [6.07, 6.45) is 8.07. The SMILES string of the molecule is CCNC1CC2CCC(C1)N2c1nc(C2CC2)cs1. The number of hydrogen-bond acceptors (Lipinski definition) is 4. The summed E-state index contributed by atoms with van der Waals surface area (Å²) in [4.78, 5) is 7.59. The Balaban J connectivity index is 1.52. The van der Waals surface area contributed by atoms with Gasteiger partial charge in [-0.2, -0.15) is 0 Å². The quantitative estimate of drug-likeness (QED) is 0.916. The molecule has 3 nitrogen and oxygen atoms in total. The highest BCUT2D eigenvalue weighted by atomic mass is 32.1. The summed E-state index contributed by atoms with van der Waals surface area (Å²) < 4.78 is 0. The Kier molecular flexibility index (Phi) is 3.03. The standard InChI is InChI=1S/C15H23N3S/c1-2-16-11-7-12-5-6-13(8-11)18(12)15-17-14(9-19-15)10-3-4-10/h9-13,16H,2-8H2,1H3. The van der Waals surface area contributed by atoms with Crippen molar-refractivity contribution in [3.8, 4) is 0 Å². The molecule has 0 aromatic carbocycles. The van der Waals surface area contributed by atoms with Gasteiger partial charge in [0, 0.05) is 29.4 Å². The van der Waals surface area contributed by atoms with E-state index in [9.17, 15) is 0 Å². The molecule has 1 aliphatic carbocycles. The second kappa shape index (κ2) is 4.74. The van der Waals surface area contributed by atoms with Gasteiger partial charge in [-0.05, 0) is 45.1 Å². The lowest BCUT2D eigenvalue weighted by Gasteiger charge is -2.39. The van der Waals surface area contributed by atoms with Crippen LogP contribution in [0.2, 0.25) is 0 Å². The van der Waals surface area contributed by atoms with Gasteiger partial charge in [0.05, 0.1) is 5.69 Å². The second-order valence-electron chi connectivity index (χ2n) is 6.35. The predicted molar refractivity (Wildman–Crippen MR) is 80.1 cm³/mol. The van der Waals surface area contributed by atoms with Crippen LogP contribution >= 0.6 is 11.3 Å². The summed E-state index contributed by atoms with van der Waals surface area (Å²) >= 11 is 1.88. The van der Waals surface area contributed by atoms with Crippen LogP contribution in [0.3, 0.4) is 0 Å². The summed E-state index contributed by atoms with van der Waals surface area (Å²) in [5, 5.41) is 7.27. The summed E-state index contributed by atoms with van der Waals surface area (Å²) in [7, 11) is 0. The van der Waals surface area contributed by atoms with Gasteiger partial charge in [-0.25, -0.2) is 4.98 Å². The summed E-state index contributed by atoms with van der Waals surface area (Å²) in [5.41, 5.74) is 1.37. The number of fused-ring (bicyclic) bond motifs is 2. The van der Waals surface area contributed by atoms with Crippen LogP contribution in [0.4, 0.5) is 5.13 Å². The molecule has 1 aromatic rings. The Labute approximate surface area is 119 Å². The van der Waals surface area contributed by atoms with Crippen molar-refractivity contribution >= 4 is 16.5 Å². The number of anilines is 1. The first-order valence-corrected chi connectivity index (χ1v) is 8.70. The molecule has 1 aromatic heterocycles. The van der Waals surface area contributed by atoms with Crippen molar-refractivity contribution < 1.29 is 0 Å². The third-order valence-corrected chi connectivity index (χ3v) is 5.82. The van der Waals surface area contributed by atoms with Gasteiger partial charge < -0.3 is 10.2 Å². The Morgan fingerprint density at radius 3 is 2.63 bits per heavy atom. The van der Waals surface area contributed by atoms with E-state index in [1.165, 1.54) is 49.4 Å². The molecule has 2 bridgehead atoms. The Morgan fingerprint density at radius 2 is 2.00 bits per heavy atom. The van der Waals surface area contributed by atoms with Crippen molar-refractivity contribution in [2.24, 2.45) is 0 Å². The first kappa shape index (κ1) is 12.2. The molecule has 3 heterocycles. The minimum Gasteiger partial charge on any atom is -0.342 e. The van der Waals surface area contributed by atoms with Crippen LogP contribution in [0.25, 0.3) is 0 Å². The van der Waals surface area contributed by atoms with Crippen molar-refractivity contribution in [2.75, 3.05) is 11.4 Å². The van der Waals surface area contributed by atoms with Crippen LogP contribution in [-0.4, -0.2) is 29.7 Å². The first-order valence-electron chi connectivity index (χ1n) is 7.82. The highest BCUT2D eigenvalue weighted by Gasteiger charge is 2.42. The van der Waals surface area contributed by atoms with Crippen molar-refractivity contribution in [3.63, 3.8) is 0 Å². The van der Waals surface area contributed by atoms with Crippen LogP contribution in [0, 0.1) is 0 Å². The Bertz CT molecular complexity index is 440. The van der Waals surface area contributed by atoms with Crippen molar-refractivity contribution in [2.45, 2.75) is 69.5 Å². The first-order chi connectivity index (χ1) is 9.35. The molecular weight excluding hydrogens is 254 g/mol. The molecule has 0 amide bonds. The summed E-state index contributed by atoms with van der Waals surface area (Å²) in [6, 6.07) is 2.21. The van der Waals surface area contributed by atoms with Crippen LogP contribution in [-0.2, 0) is 0 Å². The molecule has 3 fully saturated rings. The zero-order valence-corrected chi connectivity index (χ0v) is 12.5. The minimum atomic E-state index is 0.737. The summed E-state index contributed by atoms with van der Waals surface area (Å²) in [6.45, 7) is 3.32. The smallest absolute Gasteiger partial charge is 0.186 e. The average molecular weight is 277 g/mol. The topological polar surface area (TPSA) is 28.2 Å². The molecule has 3 aliphatic rings. The molecule has 4 rings (SSSR count). The van der Waals surface area contributed by atoms with Gasteiger partial charge >= 0.3 is 0 Å². The van der Waals surface area contributed by atoms with Crippen LogP contribution in [0.1, 0.15) is 57.1 Å². The monoisotopic (exact) mass is 277 g/mol. The average Bonchev–Trinajstić information content (AvgIpc) is 3.08. The third-order valence-electron chi connectivity index (χ3n) is 4.95. The zero-order chi connectivity index (χ0) is 12.8. The van der Waals surface area contributed by atoms with E-state index in [1.54, 1.807) is 0 Å². The second-order valence-corrected chi connectivity index (χ2v) is 7.18. The number of piperidine rings is 1. The normalized spacial score (nSPS) is 33.9. The molecule has 0 radical (unpaired) electrons. The third kappa shape index (κ3) is 2.19. The molecule has 2 unspecified atom stereocenters. The van der Waals surface area contributed by atoms with Gasteiger partial charge in [-0.3, -0.25) is 0 Å². The molecule has 2 aliphatic heterocycles. The van der Waals surface area contributed by atoms with Crippen LogP contribution in [0.15, 0.2) is 5.38 Å². The zero-order valence-electron chi connectivity index (χ0n) is 11.6. The number of hydrogen-bond donors (Lipinski definition) is 1. The number of nitrogens with one attached hydrogen (secondary N) is 1. The summed E-state index contributed by atoms with van der Waals surface area (Å²) in [5.74, 6) is 0.793. The van der Waals surface area contributed by atoms with Crippen molar-refractivity contribution in [1.29, 1.82) is 0 Å². The number of nitrogens with zero attached hydrogens (tertiary/aromatic N) is 2. The van der Waals surface area contributed by atoms with E-state index in [4.69, 9.17) is 4.98 Å². The highest BCUT2D eigenvalue weighted by molar-refractivity contribution is 7.13. The largest absolute Gasteiger partial charge is 0.342 e. The van der Waals surface area contributed by atoms with E-state index in [0.717, 1.165) is 30.6 Å². The molecule has 2 atom stereocenters. The van der Waals surface area contributed by atoms with Gasteiger partial charge in [-0.15, -0.1) is 11.3 Å². The molecule has 19 heavy (non-hydrogen) atoms. The van der Waals surface area contributed by atoms with Crippen LogP contribution < -0.4 is 10.2 Å².